The van der Waals surface area contributed by atoms with E-state index < -0.39 is 0 Å². The lowest BCUT2D eigenvalue weighted by molar-refractivity contribution is 0.0561. The van der Waals surface area contributed by atoms with Crippen molar-refractivity contribution in [2.75, 3.05) is 46.4 Å². The molecule has 1 atom stereocenters. The van der Waals surface area contributed by atoms with Crippen LogP contribution in [0.4, 0.5) is 4.79 Å². The molecular formula is C18H27N3O3. The topological polar surface area (TPSA) is 54.0 Å². The summed E-state index contributed by atoms with van der Waals surface area (Å²) in [7, 11) is 1.65. The molecule has 0 saturated carbocycles. The quantitative estimate of drug-likeness (QED) is 0.891. The van der Waals surface area contributed by atoms with Gasteiger partial charge in [0.15, 0.2) is 0 Å². The molecular weight excluding hydrogens is 306 g/mol. The molecule has 6 nitrogen and oxygen atoms in total. The van der Waals surface area contributed by atoms with E-state index in [1.807, 2.05) is 29.2 Å². The molecule has 24 heavy (non-hydrogen) atoms. The molecule has 2 fully saturated rings. The molecule has 6 heteroatoms. The number of nitrogens with zero attached hydrogens (tertiary/aromatic N) is 2. The fourth-order valence-electron chi connectivity index (χ4n) is 3.34. The van der Waals surface area contributed by atoms with E-state index in [2.05, 4.69) is 10.2 Å². The average Bonchev–Trinajstić information content (AvgIpc) is 3.13. The highest BCUT2D eigenvalue weighted by Gasteiger charge is 2.24. The zero-order valence-electron chi connectivity index (χ0n) is 14.4. The fourth-order valence-corrected chi connectivity index (χ4v) is 3.34. The Labute approximate surface area is 143 Å². The molecule has 2 aliphatic heterocycles. The predicted octanol–water partition coefficient (Wildman–Crippen LogP) is 1.70. The zero-order chi connectivity index (χ0) is 16.8. The molecule has 1 aromatic rings. The van der Waals surface area contributed by atoms with Crippen molar-refractivity contribution in [2.45, 2.75) is 25.5 Å². The molecule has 0 bridgehead atoms. The maximum Gasteiger partial charge on any atom is 0.317 e. The van der Waals surface area contributed by atoms with Gasteiger partial charge in [0.2, 0.25) is 0 Å². The maximum atomic E-state index is 12.4. The van der Waals surface area contributed by atoms with Crippen LogP contribution in [0.5, 0.6) is 5.75 Å². The lowest BCUT2D eigenvalue weighted by Crippen LogP contribution is -2.52. The molecule has 132 valence electrons. The Hall–Kier alpha value is -1.79. The van der Waals surface area contributed by atoms with Gasteiger partial charge in [-0.1, -0.05) is 18.2 Å². The average molecular weight is 333 g/mol. The van der Waals surface area contributed by atoms with Crippen LogP contribution in [0.3, 0.4) is 0 Å². The lowest BCUT2D eigenvalue weighted by Gasteiger charge is -2.35. The van der Waals surface area contributed by atoms with Gasteiger partial charge in [-0.15, -0.1) is 0 Å². The Balaban J connectivity index is 1.41. The first-order valence-electron chi connectivity index (χ1n) is 8.75. The van der Waals surface area contributed by atoms with Crippen molar-refractivity contribution >= 4 is 6.03 Å². The van der Waals surface area contributed by atoms with Crippen molar-refractivity contribution in [1.29, 1.82) is 0 Å². The van der Waals surface area contributed by atoms with E-state index >= 15 is 0 Å². The molecule has 0 aliphatic carbocycles. The number of hydrogen-bond donors (Lipinski definition) is 1. The molecule has 3 rings (SSSR count). The maximum absolute atomic E-state index is 12.4. The van der Waals surface area contributed by atoms with Gasteiger partial charge < -0.3 is 19.7 Å². The second-order valence-corrected chi connectivity index (χ2v) is 6.39. The number of nitrogens with one attached hydrogen (secondary N) is 1. The SMILES string of the molecule is COc1ccccc1CNC(=O)N1CCN(CC2CCCO2)CC1. The van der Waals surface area contributed by atoms with Gasteiger partial charge in [-0.2, -0.15) is 0 Å². The summed E-state index contributed by atoms with van der Waals surface area (Å²) in [5, 5.41) is 3.00. The second-order valence-electron chi connectivity index (χ2n) is 6.39. The van der Waals surface area contributed by atoms with E-state index in [1.54, 1.807) is 7.11 Å². The first-order chi connectivity index (χ1) is 11.8. The highest BCUT2D eigenvalue weighted by Crippen LogP contribution is 2.17. The van der Waals surface area contributed by atoms with Crippen LogP contribution in [0.2, 0.25) is 0 Å². The van der Waals surface area contributed by atoms with Crippen LogP contribution in [0, 0.1) is 0 Å². The summed E-state index contributed by atoms with van der Waals surface area (Å²) in [5.74, 6) is 0.805. The van der Waals surface area contributed by atoms with Crippen LogP contribution >= 0.6 is 0 Å². The van der Waals surface area contributed by atoms with Crippen LogP contribution in [0.25, 0.3) is 0 Å². The largest absolute Gasteiger partial charge is 0.496 e. The van der Waals surface area contributed by atoms with Crippen LogP contribution in [0.15, 0.2) is 24.3 Å². The molecule has 0 aromatic heterocycles. The van der Waals surface area contributed by atoms with Crippen LogP contribution < -0.4 is 10.1 Å². The third kappa shape index (κ3) is 4.39. The molecule has 0 radical (unpaired) electrons. The number of para-hydroxylation sites is 1. The standard InChI is InChI=1S/C18H27N3O3/c1-23-17-7-3-2-5-15(17)13-19-18(22)21-10-8-20(9-11-21)14-16-6-4-12-24-16/h2-3,5,7,16H,4,6,8-14H2,1H3,(H,19,22). The van der Waals surface area contributed by atoms with Crippen molar-refractivity contribution in [3.63, 3.8) is 0 Å². The Morgan fingerprint density at radius 1 is 1.29 bits per heavy atom. The second kappa shape index (κ2) is 8.35. The number of benzene rings is 1. The minimum absolute atomic E-state index is 0.00216. The number of carbonyl (C=O) groups excluding carboxylic acids is 1. The Morgan fingerprint density at radius 2 is 2.08 bits per heavy atom. The van der Waals surface area contributed by atoms with Crippen molar-refractivity contribution in [2.24, 2.45) is 0 Å². The molecule has 2 saturated heterocycles. The van der Waals surface area contributed by atoms with Gasteiger partial charge in [0.05, 0.1) is 13.2 Å². The summed E-state index contributed by atoms with van der Waals surface area (Å²) in [6.45, 7) is 5.75. The highest BCUT2D eigenvalue weighted by molar-refractivity contribution is 5.74. The summed E-state index contributed by atoms with van der Waals surface area (Å²) in [4.78, 5) is 16.6. The molecule has 1 N–H and O–H groups in total. The predicted molar refractivity (Wildman–Crippen MR) is 92.2 cm³/mol. The number of amides is 2. The molecule has 2 aliphatic rings. The Bertz CT molecular complexity index is 538. The first-order valence-corrected chi connectivity index (χ1v) is 8.75. The molecule has 1 unspecified atom stereocenters. The highest BCUT2D eigenvalue weighted by atomic mass is 16.5. The van der Waals surface area contributed by atoms with Crippen LogP contribution in [-0.4, -0.2) is 68.4 Å². The number of carbonyl (C=O) groups is 1. The van der Waals surface area contributed by atoms with E-state index in [-0.39, 0.29) is 6.03 Å². The first kappa shape index (κ1) is 17.0. The monoisotopic (exact) mass is 333 g/mol. The fraction of sp³-hybridized carbons (Fsp3) is 0.611. The number of methoxy groups -OCH3 is 1. The number of ether oxygens (including phenoxy) is 2. The number of hydrogen-bond acceptors (Lipinski definition) is 4. The number of urea groups is 1. The molecule has 0 spiro atoms. The third-order valence-corrected chi connectivity index (χ3v) is 4.77. The number of piperazine rings is 1. The minimum atomic E-state index is -0.00216. The molecule has 2 heterocycles. The van der Waals surface area contributed by atoms with E-state index in [0.717, 1.165) is 50.6 Å². The van der Waals surface area contributed by atoms with Crippen molar-refractivity contribution in [3.8, 4) is 5.75 Å². The van der Waals surface area contributed by atoms with Crippen molar-refractivity contribution in [1.82, 2.24) is 15.1 Å². The van der Waals surface area contributed by atoms with Gasteiger partial charge in [-0.25, -0.2) is 4.79 Å². The Kier molecular flexibility index (Phi) is 5.93. The summed E-state index contributed by atoms with van der Waals surface area (Å²) in [5.41, 5.74) is 0.991. The summed E-state index contributed by atoms with van der Waals surface area (Å²) < 4.78 is 11.0. The van der Waals surface area contributed by atoms with Crippen molar-refractivity contribution in [3.05, 3.63) is 29.8 Å². The van der Waals surface area contributed by atoms with E-state index in [0.29, 0.717) is 12.6 Å². The van der Waals surface area contributed by atoms with Gasteiger partial charge in [0.1, 0.15) is 5.75 Å². The Morgan fingerprint density at radius 3 is 2.79 bits per heavy atom. The number of rotatable bonds is 5. The zero-order valence-corrected chi connectivity index (χ0v) is 14.4. The summed E-state index contributed by atoms with van der Waals surface area (Å²) >= 11 is 0. The smallest absolute Gasteiger partial charge is 0.317 e. The van der Waals surface area contributed by atoms with E-state index in [9.17, 15) is 4.79 Å². The van der Waals surface area contributed by atoms with E-state index in [4.69, 9.17) is 9.47 Å². The van der Waals surface area contributed by atoms with Gasteiger partial charge in [-0.3, -0.25) is 4.90 Å². The van der Waals surface area contributed by atoms with Gasteiger partial charge in [0, 0.05) is 51.4 Å². The third-order valence-electron chi connectivity index (χ3n) is 4.77. The van der Waals surface area contributed by atoms with Crippen molar-refractivity contribution < 1.29 is 14.3 Å². The lowest BCUT2D eigenvalue weighted by atomic mass is 10.2. The van der Waals surface area contributed by atoms with Crippen LogP contribution in [-0.2, 0) is 11.3 Å². The summed E-state index contributed by atoms with van der Waals surface area (Å²) in [6.07, 6.45) is 2.73. The van der Waals surface area contributed by atoms with Gasteiger partial charge in [-0.05, 0) is 18.9 Å². The molecule has 1 aromatic carbocycles. The summed E-state index contributed by atoms with van der Waals surface area (Å²) in [6, 6.07) is 7.76. The van der Waals surface area contributed by atoms with Crippen LogP contribution in [0.1, 0.15) is 18.4 Å². The van der Waals surface area contributed by atoms with Gasteiger partial charge in [0.25, 0.3) is 0 Å². The van der Waals surface area contributed by atoms with E-state index in [1.165, 1.54) is 12.8 Å². The van der Waals surface area contributed by atoms with Gasteiger partial charge >= 0.3 is 6.03 Å². The normalized spacial score (nSPS) is 21.7. The minimum Gasteiger partial charge on any atom is -0.496 e. The molecule has 2 amide bonds.